The Bertz CT molecular complexity index is 1630. The molecule has 0 bridgehead atoms. The second-order valence-corrected chi connectivity index (χ2v) is 12.1. The molecule has 1 N–H and O–H groups in total. The zero-order valence-corrected chi connectivity index (χ0v) is 24.1. The molecule has 0 aromatic heterocycles. The molecular weight excluding hydrogens is 516 g/mol. The van der Waals surface area contributed by atoms with Crippen LogP contribution in [0.15, 0.2) is 72.8 Å². The number of carbonyl (C=O) groups is 3. The Morgan fingerprint density at radius 2 is 1.61 bits per heavy atom. The number of rotatable bonds is 5. The minimum atomic E-state index is -1.35. The predicted octanol–water partition coefficient (Wildman–Crippen LogP) is 5.68. The molecule has 0 saturated carbocycles. The van der Waals surface area contributed by atoms with E-state index in [1.54, 1.807) is 18.2 Å². The summed E-state index contributed by atoms with van der Waals surface area (Å²) in [6, 6.07) is 19.0. The molecule has 0 aliphatic carbocycles. The number of Topliss-reactive ketones (excluding diaryl/α,β-unsaturated/α-hetero) is 2. The molecule has 1 spiro atoms. The van der Waals surface area contributed by atoms with Crippen LogP contribution < -0.4 is 19.7 Å². The van der Waals surface area contributed by atoms with E-state index in [1.807, 2.05) is 81.1 Å². The Labute approximate surface area is 240 Å². The lowest BCUT2D eigenvalue weighted by Crippen LogP contribution is -2.51. The largest absolute Gasteiger partial charge is 0.493 e. The van der Waals surface area contributed by atoms with Gasteiger partial charge in [0, 0.05) is 27.9 Å². The van der Waals surface area contributed by atoms with Crippen LogP contribution in [-0.4, -0.2) is 43.8 Å². The van der Waals surface area contributed by atoms with E-state index in [0.29, 0.717) is 22.7 Å². The predicted molar refractivity (Wildman–Crippen MR) is 159 cm³/mol. The highest BCUT2D eigenvalue weighted by molar-refractivity contribution is 6.17. The van der Waals surface area contributed by atoms with Crippen molar-refractivity contribution in [3.8, 4) is 11.5 Å². The molecule has 7 nitrogen and oxygen atoms in total. The summed E-state index contributed by atoms with van der Waals surface area (Å²) in [5.41, 5.74) is 2.44. The number of ether oxygens (including phenoxy) is 2. The van der Waals surface area contributed by atoms with Crippen LogP contribution in [0.4, 0.5) is 11.4 Å². The number of nitrogens with one attached hydrogen (secondary N) is 1. The number of nitrogens with zero attached hydrogens (tertiary/aromatic N) is 1. The Morgan fingerprint density at radius 1 is 0.927 bits per heavy atom. The van der Waals surface area contributed by atoms with E-state index in [4.69, 9.17) is 9.47 Å². The normalized spacial score (nSPS) is 24.2. The van der Waals surface area contributed by atoms with Crippen molar-refractivity contribution in [3.63, 3.8) is 0 Å². The summed E-state index contributed by atoms with van der Waals surface area (Å²) in [4.78, 5) is 46.0. The van der Waals surface area contributed by atoms with Crippen LogP contribution in [0, 0.1) is 11.3 Å². The monoisotopic (exact) mass is 550 g/mol. The molecule has 0 unspecified atom stereocenters. The minimum Gasteiger partial charge on any atom is -0.493 e. The number of hydrogen-bond acceptors (Lipinski definition) is 6. The molecule has 3 aromatic carbocycles. The SMILES string of the molecule is COc1ccc(C(=O)[C@@H]2[C@H](C(=O)C(C)(C)C)N3c4ccccc4C(C)=C[C@H]3[C@@]23C(=O)Nc2ccccc23)cc1OC. The van der Waals surface area contributed by atoms with Gasteiger partial charge in [-0.3, -0.25) is 14.4 Å². The summed E-state index contributed by atoms with van der Waals surface area (Å²) >= 11 is 0. The number of carbonyl (C=O) groups excluding carboxylic acids is 3. The van der Waals surface area contributed by atoms with Gasteiger partial charge in [-0.25, -0.2) is 0 Å². The third kappa shape index (κ3) is 3.68. The number of ketones is 2. The smallest absolute Gasteiger partial charge is 0.238 e. The van der Waals surface area contributed by atoms with E-state index in [2.05, 4.69) is 11.4 Å². The van der Waals surface area contributed by atoms with Crippen LogP contribution in [0.3, 0.4) is 0 Å². The van der Waals surface area contributed by atoms with Gasteiger partial charge in [-0.05, 0) is 48.4 Å². The first-order valence-electron chi connectivity index (χ1n) is 13.8. The van der Waals surface area contributed by atoms with Gasteiger partial charge < -0.3 is 19.7 Å². The third-order valence-electron chi connectivity index (χ3n) is 8.84. The molecular formula is C34H34N2O5. The number of hydrogen-bond donors (Lipinski definition) is 1. The lowest BCUT2D eigenvalue weighted by atomic mass is 9.63. The number of methoxy groups -OCH3 is 2. The first-order chi connectivity index (χ1) is 19.5. The Kier molecular flexibility index (Phi) is 6.10. The number of benzene rings is 3. The van der Waals surface area contributed by atoms with Gasteiger partial charge in [0.05, 0.1) is 26.2 Å². The van der Waals surface area contributed by atoms with E-state index in [9.17, 15) is 14.4 Å². The van der Waals surface area contributed by atoms with E-state index in [1.165, 1.54) is 14.2 Å². The lowest BCUT2D eigenvalue weighted by Gasteiger charge is -2.39. The third-order valence-corrected chi connectivity index (χ3v) is 8.84. The molecule has 1 saturated heterocycles. The maximum Gasteiger partial charge on any atom is 0.238 e. The molecule has 1 amide bonds. The highest BCUT2D eigenvalue weighted by atomic mass is 16.5. The molecule has 6 rings (SSSR count). The van der Waals surface area contributed by atoms with Gasteiger partial charge in [-0.15, -0.1) is 0 Å². The summed E-state index contributed by atoms with van der Waals surface area (Å²) in [6.07, 6.45) is 2.06. The van der Waals surface area contributed by atoms with Crippen molar-refractivity contribution >= 4 is 34.4 Å². The first kappa shape index (κ1) is 26.8. The van der Waals surface area contributed by atoms with E-state index >= 15 is 0 Å². The maximum absolute atomic E-state index is 14.9. The van der Waals surface area contributed by atoms with Crippen LogP contribution >= 0.6 is 0 Å². The molecule has 4 atom stereocenters. The van der Waals surface area contributed by atoms with E-state index < -0.39 is 28.8 Å². The number of amides is 1. The quantitative estimate of drug-likeness (QED) is 0.412. The topological polar surface area (TPSA) is 84.9 Å². The number of para-hydroxylation sites is 2. The van der Waals surface area contributed by atoms with Crippen molar-refractivity contribution in [2.75, 3.05) is 24.4 Å². The average molecular weight is 551 g/mol. The van der Waals surface area contributed by atoms with Gasteiger partial charge in [0.1, 0.15) is 11.5 Å². The van der Waals surface area contributed by atoms with Gasteiger partial charge in [0.2, 0.25) is 5.91 Å². The van der Waals surface area contributed by atoms with Crippen LogP contribution in [0.25, 0.3) is 5.57 Å². The molecule has 210 valence electrons. The van der Waals surface area contributed by atoms with E-state index in [0.717, 1.165) is 22.4 Å². The molecule has 3 aliphatic rings. The number of allylic oxidation sites excluding steroid dienone is 1. The summed E-state index contributed by atoms with van der Waals surface area (Å²) in [5.74, 6) is -0.798. The molecule has 3 heterocycles. The average Bonchev–Trinajstić information content (AvgIpc) is 3.43. The van der Waals surface area contributed by atoms with Crippen molar-refractivity contribution in [2.45, 2.75) is 45.2 Å². The fraction of sp³-hybridized carbons (Fsp3) is 0.324. The maximum atomic E-state index is 14.9. The summed E-state index contributed by atoms with van der Waals surface area (Å²) in [6.45, 7) is 7.62. The van der Waals surface area contributed by atoms with Crippen molar-refractivity contribution in [3.05, 3.63) is 89.5 Å². The standard InChI is InChI=1S/C34H34N2O5/c1-19-17-27-34(22-12-8-9-13-23(22)35-32(34)39)28(30(37)20-15-16-25(40-5)26(18-20)41-6)29(31(38)33(2,3)4)36(27)24-14-10-7-11-21(19)24/h7-18,27-29H,1-6H3,(H,35,39)/t27-,28-,29+,34+/m0/s1. The van der Waals surface area contributed by atoms with Gasteiger partial charge in [-0.1, -0.05) is 63.2 Å². The van der Waals surface area contributed by atoms with Crippen LogP contribution in [-0.2, 0) is 15.0 Å². The van der Waals surface area contributed by atoms with Crippen LogP contribution in [0.5, 0.6) is 11.5 Å². The van der Waals surface area contributed by atoms with Crippen LogP contribution in [0.1, 0.15) is 49.2 Å². The van der Waals surface area contributed by atoms with Crippen LogP contribution in [0.2, 0.25) is 0 Å². The van der Waals surface area contributed by atoms with Crippen molar-refractivity contribution in [1.29, 1.82) is 0 Å². The lowest BCUT2D eigenvalue weighted by molar-refractivity contribution is -0.128. The second-order valence-electron chi connectivity index (χ2n) is 12.1. The zero-order chi connectivity index (χ0) is 29.3. The van der Waals surface area contributed by atoms with Gasteiger partial charge >= 0.3 is 0 Å². The molecule has 3 aromatic rings. The molecule has 0 radical (unpaired) electrons. The fourth-order valence-electron chi connectivity index (χ4n) is 7.00. The minimum absolute atomic E-state index is 0.0989. The number of fused-ring (bicyclic) bond motifs is 6. The summed E-state index contributed by atoms with van der Waals surface area (Å²) < 4.78 is 10.9. The van der Waals surface area contributed by atoms with Gasteiger partial charge in [0.25, 0.3) is 0 Å². The summed E-state index contributed by atoms with van der Waals surface area (Å²) in [7, 11) is 3.05. The van der Waals surface area contributed by atoms with E-state index in [-0.39, 0.29) is 17.5 Å². The molecule has 3 aliphatic heterocycles. The molecule has 1 fully saturated rings. The van der Waals surface area contributed by atoms with Gasteiger partial charge in [-0.2, -0.15) is 0 Å². The van der Waals surface area contributed by atoms with Crippen molar-refractivity contribution < 1.29 is 23.9 Å². The Morgan fingerprint density at radius 3 is 2.32 bits per heavy atom. The highest BCUT2D eigenvalue weighted by Crippen LogP contribution is 2.59. The van der Waals surface area contributed by atoms with Crippen molar-refractivity contribution in [1.82, 2.24) is 0 Å². The Balaban J connectivity index is 1.68. The zero-order valence-electron chi connectivity index (χ0n) is 24.1. The van der Waals surface area contributed by atoms with Crippen molar-refractivity contribution in [2.24, 2.45) is 11.3 Å². The highest BCUT2D eigenvalue weighted by Gasteiger charge is 2.71. The van der Waals surface area contributed by atoms with Gasteiger partial charge in [0.15, 0.2) is 23.1 Å². The Hall–Kier alpha value is -4.39. The molecule has 7 heteroatoms. The number of anilines is 2. The molecule has 41 heavy (non-hydrogen) atoms. The first-order valence-corrected chi connectivity index (χ1v) is 13.8. The second kappa shape index (κ2) is 9.33. The fourth-order valence-corrected chi connectivity index (χ4v) is 7.00. The summed E-state index contributed by atoms with van der Waals surface area (Å²) in [5, 5.41) is 3.07.